The SMILES string of the molecule is O=C1c2nccc(-c3ccccc3[N+](=O)[O-])c2C(=O)C2SC([N+](=O)[O-])=CC12. The second kappa shape index (κ2) is 6.09. The lowest BCUT2D eigenvalue weighted by atomic mass is 9.81. The van der Waals surface area contributed by atoms with Gasteiger partial charge in [-0.3, -0.25) is 34.8 Å². The number of Topliss-reactive ketones (excluding diaryl/α,β-unsaturated/α-hetero) is 2. The first kappa shape index (κ1) is 17.0. The number of thioether (sulfide) groups is 1. The van der Waals surface area contributed by atoms with Gasteiger partial charge in [-0.2, -0.15) is 0 Å². The third-order valence-corrected chi connectivity index (χ3v) is 5.75. The third-order valence-electron chi connectivity index (χ3n) is 4.46. The van der Waals surface area contributed by atoms with Crippen molar-refractivity contribution in [3.63, 3.8) is 0 Å². The molecule has 9 nitrogen and oxygen atoms in total. The Hall–Kier alpha value is -3.40. The molecule has 1 aromatic carbocycles. The Morgan fingerprint density at radius 1 is 0.963 bits per heavy atom. The van der Waals surface area contributed by atoms with Gasteiger partial charge in [0, 0.05) is 23.9 Å². The van der Waals surface area contributed by atoms with Gasteiger partial charge >= 0.3 is 5.03 Å². The van der Waals surface area contributed by atoms with E-state index >= 15 is 0 Å². The first-order valence-electron chi connectivity index (χ1n) is 7.74. The van der Waals surface area contributed by atoms with Crippen molar-refractivity contribution >= 4 is 29.0 Å². The highest BCUT2D eigenvalue weighted by Crippen LogP contribution is 2.45. The minimum absolute atomic E-state index is 0.0245. The van der Waals surface area contributed by atoms with Gasteiger partial charge in [0.2, 0.25) is 0 Å². The number of aromatic nitrogens is 1. The summed E-state index contributed by atoms with van der Waals surface area (Å²) in [5, 5.41) is 21.2. The van der Waals surface area contributed by atoms with Crippen molar-refractivity contribution < 1.29 is 19.4 Å². The molecule has 2 aliphatic rings. The van der Waals surface area contributed by atoms with E-state index in [-0.39, 0.29) is 33.1 Å². The Kier molecular flexibility index (Phi) is 3.84. The largest absolute Gasteiger partial charge is 0.300 e. The monoisotopic (exact) mass is 383 g/mol. The molecular formula is C17H9N3O6S. The maximum Gasteiger partial charge on any atom is 0.300 e. The predicted octanol–water partition coefficient (Wildman–Crippen LogP) is 2.89. The van der Waals surface area contributed by atoms with Gasteiger partial charge in [-0.05, 0) is 23.9 Å². The van der Waals surface area contributed by atoms with E-state index in [0.29, 0.717) is 0 Å². The van der Waals surface area contributed by atoms with Gasteiger partial charge < -0.3 is 0 Å². The fourth-order valence-corrected chi connectivity index (χ4v) is 4.45. The highest BCUT2D eigenvalue weighted by molar-refractivity contribution is 8.04. The number of nitro groups is 2. The van der Waals surface area contributed by atoms with Crippen LogP contribution in [0.5, 0.6) is 0 Å². The highest BCUT2D eigenvalue weighted by Gasteiger charge is 2.49. The minimum atomic E-state index is -0.962. The number of allylic oxidation sites excluding steroid dienone is 1. The molecule has 1 aromatic heterocycles. The Balaban J connectivity index is 1.91. The van der Waals surface area contributed by atoms with Crippen LogP contribution in [0.15, 0.2) is 47.6 Å². The van der Waals surface area contributed by atoms with E-state index in [9.17, 15) is 29.8 Å². The van der Waals surface area contributed by atoms with E-state index < -0.39 is 32.6 Å². The molecule has 0 fully saturated rings. The van der Waals surface area contributed by atoms with E-state index in [4.69, 9.17) is 0 Å². The molecule has 1 aliphatic heterocycles. The van der Waals surface area contributed by atoms with Gasteiger partial charge in [-0.15, -0.1) is 0 Å². The Bertz CT molecular complexity index is 1080. The topological polar surface area (TPSA) is 133 Å². The van der Waals surface area contributed by atoms with Crippen LogP contribution < -0.4 is 0 Å². The smallest absolute Gasteiger partial charge is 0.293 e. The number of pyridine rings is 1. The van der Waals surface area contributed by atoms with E-state index in [1.807, 2.05) is 0 Å². The summed E-state index contributed by atoms with van der Waals surface area (Å²) in [4.78, 5) is 51.0. The molecule has 0 saturated carbocycles. The zero-order chi connectivity index (χ0) is 19.3. The van der Waals surface area contributed by atoms with Crippen molar-refractivity contribution in [2.24, 2.45) is 5.92 Å². The molecule has 0 radical (unpaired) electrons. The minimum Gasteiger partial charge on any atom is -0.293 e. The lowest BCUT2D eigenvalue weighted by Crippen LogP contribution is -2.37. The van der Waals surface area contributed by atoms with Crippen molar-refractivity contribution in [3.05, 3.63) is 79.1 Å². The van der Waals surface area contributed by atoms with Crippen LogP contribution in [0.25, 0.3) is 11.1 Å². The Labute approximate surface area is 155 Å². The number of carbonyl (C=O) groups excluding carboxylic acids is 2. The molecule has 0 saturated heterocycles. The molecule has 10 heteroatoms. The summed E-state index contributed by atoms with van der Waals surface area (Å²) in [7, 11) is 0. The summed E-state index contributed by atoms with van der Waals surface area (Å²) >= 11 is 0.723. The average molecular weight is 383 g/mol. The number of nitro benzene ring substituents is 1. The summed E-state index contributed by atoms with van der Waals surface area (Å²) in [5.74, 6) is -1.95. The molecule has 27 heavy (non-hydrogen) atoms. The zero-order valence-corrected chi connectivity index (χ0v) is 14.2. The standard InChI is InChI=1S/C17H9N3O6S/c21-15-10-7-12(20(25)26)27-17(10)16(22)13-9(5-6-18-14(13)15)8-3-1-2-4-11(8)19(23)24/h1-7,10,17H. The Morgan fingerprint density at radius 2 is 1.70 bits per heavy atom. The van der Waals surface area contributed by atoms with Gasteiger partial charge in [0.05, 0.1) is 32.1 Å². The molecule has 4 rings (SSSR count). The second-order valence-corrected chi connectivity index (χ2v) is 7.07. The number of benzene rings is 1. The summed E-state index contributed by atoms with van der Waals surface area (Å²) in [6.07, 6.45) is 2.48. The number of ketones is 2. The van der Waals surface area contributed by atoms with Gasteiger partial charge in [0.1, 0.15) is 5.69 Å². The van der Waals surface area contributed by atoms with Crippen LogP contribution in [0.3, 0.4) is 0 Å². The average Bonchev–Trinajstić information content (AvgIpc) is 3.12. The van der Waals surface area contributed by atoms with Gasteiger partial charge in [-0.25, -0.2) is 0 Å². The number of carbonyl (C=O) groups is 2. The maximum absolute atomic E-state index is 13.0. The molecule has 2 heterocycles. The normalized spacial score (nSPS) is 20.7. The molecule has 0 spiro atoms. The highest BCUT2D eigenvalue weighted by atomic mass is 32.2. The number of fused-ring (bicyclic) bond motifs is 2. The summed E-state index contributed by atoms with van der Waals surface area (Å²) in [5.41, 5.74) is 0.0591. The van der Waals surface area contributed by atoms with Crippen LogP contribution in [0.1, 0.15) is 20.8 Å². The fraction of sp³-hybridized carbons (Fsp3) is 0.118. The number of hydrogen-bond acceptors (Lipinski definition) is 8. The number of para-hydroxylation sites is 1. The van der Waals surface area contributed by atoms with E-state index in [2.05, 4.69) is 4.98 Å². The van der Waals surface area contributed by atoms with Crippen molar-refractivity contribution in [2.45, 2.75) is 5.25 Å². The first-order chi connectivity index (χ1) is 12.9. The zero-order valence-electron chi connectivity index (χ0n) is 13.4. The summed E-state index contributed by atoms with van der Waals surface area (Å²) < 4.78 is 0. The van der Waals surface area contributed by atoms with Crippen molar-refractivity contribution in [3.8, 4) is 11.1 Å². The van der Waals surface area contributed by atoms with Crippen LogP contribution in [0, 0.1) is 26.1 Å². The van der Waals surface area contributed by atoms with Crippen molar-refractivity contribution in [2.75, 3.05) is 0 Å². The molecule has 0 bridgehead atoms. The molecule has 0 N–H and O–H groups in total. The number of nitrogens with zero attached hydrogens (tertiary/aromatic N) is 3. The molecule has 2 aromatic rings. The van der Waals surface area contributed by atoms with Gasteiger partial charge in [0.15, 0.2) is 11.6 Å². The lowest BCUT2D eigenvalue weighted by Gasteiger charge is -2.24. The molecular weight excluding hydrogens is 374 g/mol. The van der Waals surface area contributed by atoms with Gasteiger partial charge in [-0.1, -0.05) is 12.1 Å². The van der Waals surface area contributed by atoms with Crippen LogP contribution in [0.4, 0.5) is 5.69 Å². The third kappa shape index (κ3) is 2.53. The molecule has 134 valence electrons. The van der Waals surface area contributed by atoms with E-state index in [1.165, 1.54) is 36.5 Å². The lowest BCUT2D eigenvalue weighted by molar-refractivity contribution is -0.410. The van der Waals surface area contributed by atoms with Crippen LogP contribution >= 0.6 is 11.8 Å². The van der Waals surface area contributed by atoms with E-state index in [0.717, 1.165) is 11.8 Å². The van der Waals surface area contributed by atoms with E-state index in [1.54, 1.807) is 6.07 Å². The predicted molar refractivity (Wildman–Crippen MR) is 94.9 cm³/mol. The molecule has 2 unspecified atom stereocenters. The molecule has 0 amide bonds. The van der Waals surface area contributed by atoms with Crippen LogP contribution in [-0.4, -0.2) is 31.6 Å². The van der Waals surface area contributed by atoms with Crippen molar-refractivity contribution in [1.29, 1.82) is 0 Å². The summed E-state index contributed by atoms with van der Waals surface area (Å²) in [6.45, 7) is 0. The van der Waals surface area contributed by atoms with Crippen molar-refractivity contribution in [1.82, 2.24) is 4.98 Å². The molecule has 1 aliphatic carbocycles. The first-order valence-corrected chi connectivity index (χ1v) is 8.62. The quantitative estimate of drug-likeness (QED) is 0.583. The Morgan fingerprint density at radius 3 is 2.41 bits per heavy atom. The number of hydrogen-bond donors (Lipinski definition) is 0. The van der Waals surface area contributed by atoms with Crippen LogP contribution in [-0.2, 0) is 0 Å². The summed E-state index contributed by atoms with van der Waals surface area (Å²) in [6, 6.07) is 7.31. The van der Waals surface area contributed by atoms with Gasteiger partial charge in [0.25, 0.3) is 5.69 Å². The van der Waals surface area contributed by atoms with Crippen LogP contribution in [0.2, 0.25) is 0 Å². The fourth-order valence-electron chi connectivity index (χ4n) is 3.30. The molecule has 2 atom stereocenters. The second-order valence-electron chi connectivity index (χ2n) is 5.91. The number of rotatable bonds is 3. The maximum atomic E-state index is 13.0.